The minimum absolute atomic E-state index is 0.151. The summed E-state index contributed by atoms with van der Waals surface area (Å²) in [6.07, 6.45) is 0. The van der Waals surface area contributed by atoms with Crippen LogP contribution in [0.15, 0.2) is 82.9 Å². The third-order valence-corrected chi connectivity index (χ3v) is 4.35. The summed E-state index contributed by atoms with van der Waals surface area (Å²) in [5.74, 6) is 0.151. The molecule has 0 aromatic heterocycles. The monoisotopic (exact) mass is 416 g/mol. The van der Waals surface area contributed by atoms with E-state index in [1.165, 1.54) is 0 Å². The molecule has 0 amide bonds. The van der Waals surface area contributed by atoms with Gasteiger partial charge in [0.05, 0.1) is 11.4 Å². The number of halogens is 3. The van der Waals surface area contributed by atoms with Gasteiger partial charge < -0.3 is 5.73 Å². The molecule has 3 aromatic carbocycles. The summed E-state index contributed by atoms with van der Waals surface area (Å²) in [6.45, 7) is 0. The van der Waals surface area contributed by atoms with E-state index in [9.17, 15) is 0 Å². The Labute approximate surface area is 172 Å². The second-order valence-electron chi connectivity index (χ2n) is 5.56. The van der Waals surface area contributed by atoms with Crippen molar-refractivity contribution in [3.63, 3.8) is 0 Å². The van der Waals surface area contributed by atoms with Crippen LogP contribution in [-0.4, -0.2) is 11.7 Å². The standard InChI is InChI=1S/C20H15Cl3N4/c21-15-5-1-13(2-6-15)19(14-3-7-16(22)8-4-14)26-27-20(24)25-18-11-9-17(23)10-12-18/h1-12H,(H3,24,25,27). The van der Waals surface area contributed by atoms with Gasteiger partial charge in [-0.25, -0.2) is 10.4 Å². The molecule has 0 saturated carbocycles. The van der Waals surface area contributed by atoms with E-state index in [0.29, 0.717) is 26.5 Å². The Morgan fingerprint density at radius 3 is 1.52 bits per heavy atom. The third-order valence-electron chi connectivity index (χ3n) is 3.59. The number of aliphatic imine (C=N–C) groups is 1. The van der Waals surface area contributed by atoms with Crippen LogP contribution in [0.3, 0.4) is 0 Å². The van der Waals surface area contributed by atoms with Crippen molar-refractivity contribution < 1.29 is 0 Å². The van der Waals surface area contributed by atoms with Gasteiger partial charge in [0.1, 0.15) is 0 Å². The molecule has 0 aliphatic heterocycles. The first-order chi connectivity index (χ1) is 13.0. The molecule has 136 valence electrons. The van der Waals surface area contributed by atoms with Gasteiger partial charge in [0.25, 0.3) is 0 Å². The van der Waals surface area contributed by atoms with Crippen LogP contribution < -0.4 is 11.2 Å². The summed E-state index contributed by atoms with van der Waals surface area (Å²) < 4.78 is 0. The zero-order chi connectivity index (χ0) is 19.2. The van der Waals surface area contributed by atoms with Crippen LogP contribution in [0.2, 0.25) is 15.1 Å². The number of nitrogens with one attached hydrogen (secondary N) is 1. The number of hydrogen-bond donors (Lipinski definition) is 2. The van der Waals surface area contributed by atoms with Gasteiger partial charge in [0.15, 0.2) is 0 Å². The summed E-state index contributed by atoms with van der Waals surface area (Å²) in [4.78, 5) is 4.26. The normalized spacial score (nSPS) is 11.1. The lowest BCUT2D eigenvalue weighted by Crippen LogP contribution is -2.28. The van der Waals surface area contributed by atoms with Crippen LogP contribution in [0.5, 0.6) is 0 Å². The maximum atomic E-state index is 5.99. The average molecular weight is 418 g/mol. The second kappa shape index (κ2) is 8.91. The van der Waals surface area contributed by atoms with Crippen molar-refractivity contribution in [1.29, 1.82) is 0 Å². The van der Waals surface area contributed by atoms with Crippen molar-refractivity contribution in [2.45, 2.75) is 0 Å². The second-order valence-corrected chi connectivity index (χ2v) is 6.87. The van der Waals surface area contributed by atoms with E-state index < -0.39 is 0 Å². The van der Waals surface area contributed by atoms with E-state index in [0.717, 1.165) is 11.1 Å². The van der Waals surface area contributed by atoms with E-state index in [2.05, 4.69) is 15.5 Å². The van der Waals surface area contributed by atoms with E-state index >= 15 is 0 Å². The first-order valence-electron chi connectivity index (χ1n) is 7.96. The number of benzene rings is 3. The molecule has 4 nitrogen and oxygen atoms in total. The molecule has 0 spiro atoms. The molecular formula is C20H15Cl3N4. The molecule has 0 heterocycles. The van der Waals surface area contributed by atoms with E-state index in [1.54, 1.807) is 48.5 Å². The van der Waals surface area contributed by atoms with Crippen LogP contribution in [0.4, 0.5) is 5.69 Å². The van der Waals surface area contributed by atoms with Gasteiger partial charge in [0.2, 0.25) is 5.96 Å². The Morgan fingerprint density at radius 1 is 0.667 bits per heavy atom. The number of hydrazone groups is 1. The maximum absolute atomic E-state index is 5.99. The van der Waals surface area contributed by atoms with Gasteiger partial charge in [-0.1, -0.05) is 59.1 Å². The Morgan fingerprint density at radius 2 is 1.07 bits per heavy atom. The van der Waals surface area contributed by atoms with E-state index in [4.69, 9.17) is 40.5 Å². The van der Waals surface area contributed by atoms with Crippen molar-refractivity contribution in [3.8, 4) is 0 Å². The highest BCUT2D eigenvalue weighted by Gasteiger charge is 2.08. The van der Waals surface area contributed by atoms with Crippen molar-refractivity contribution in [2.24, 2.45) is 15.8 Å². The highest BCUT2D eigenvalue weighted by Crippen LogP contribution is 2.18. The van der Waals surface area contributed by atoms with E-state index in [-0.39, 0.29) is 5.96 Å². The third kappa shape index (κ3) is 5.47. The molecule has 0 unspecified atom stereocenters. The van der Waals surface area contributed by atoms with Crippen molar-refractivity contribution in [3.05, 3.63) is 99.0 Å². The lowest BCUT2D eigenvalue weighted by molar-refractivity contribution is 1.01. The molecule has 0 fully saturated rings. The topological polar surface area (TPSA) is 62.8 Å². The number of nitrogens with two attached hydrogens (primary N) is 1. The zero-order valence-corrected chi connectivity index (χ0v) is 16.3. The van der Waals surface area contributed by atoms with Crippen LogP contribution in [0, 0.1) is 0 Å². The summed E-state index contributed by atoms with van der Waals surface area (Å²) in [6, 6.07) is 21.7. The Bertz CT molecular complexity index is 916. The lowest BCUT2D eigenvalue weighted by Gasteiger charge is -2.09. The molecule has 0 saturated heterocycles. The van der Waals surface area contributed by atoms with Gasteiger partial charge in [-0.15, -0.1) is 0 Å². The molecule has 0 aliphatic carbocycles. The van der Waals surface area contributed by atoms with Gasteiger partial charge in [-0.2, -0.15) is 5.10 Å². The molecule has 3 aromatic rings. The SMILES string of the molecule is NC(=Nc1ccc(Cl)cc1)NN=C(c1ccc(Cl)cc1)c1ccc(Cl)cc1. The molecule has 3 N–H and O–H groups in total. The maximum Gasteiger partial charge on any atom is 0.214 e. The molecule has 27 heavy (non-hydrogen) atoms. The fourth-order valence-corrected chi connectivity index (χ4v) is 2.68. The number of guanidine groups is 1. The molecule has 0 bridgehead atoms. The minimum atomic E-state index is 0.151. The van der Waals surface area contributed by atoms with Crippen molar-refractivity contribution in [1.82, 2.24) is 5.43 Å². The fourth-order valence-electron chi connectivity index (χ4n) is 2.30. The van der Waals surface area contributed by atoms with Crippen LogP contribution >= 0.6 is 34.8 Å². The molecule has 0 atom stereocenters. The smallest absolute Gasteiger partial charge is 0.214 e. The summed E-state index contributed by atoms with van der Waals surface area (Å²) in [5, 5.41) is 6.36. The lowest BCUT2D eigenvalue weighted by atomic mass is 10.0. The van der Waals surface area contributed by atoms with E-state index in [1.807, 2.05) is 24.3 Å². The van der Waals surface area contributed by atoms with Crippen LogP contribution in [0.1, 0.15) is 11.1 Å². The van der Waals surface area contributed by atoms with Gasteiger partial charge >= 0.3 is 0 Å². The summed E-state index contributed by atoms with van der Waals surface area (Å²) in [5.41, 5.74) is 11.8. The van der Waals surface area contributed by atoms with Gasteiger partial charge in [-0.05, 0) is 48.5 Å². The Kier molecular flexibility index (Phi) is 6.35. The fraction of sp³-hybridized carbons (Fsp3) is 0. The van der Waals surface area contributed by atoms with Crippen molar-refractivity contribution in [2.75, 3.05) is 0 Å². The average Bonchev–Trinajstić information content (AvgIpc) is 2.66. The van der Waals surface area contributed by atoms with Crippen LogP contribution in [-0.2, 0) is 0 Å². The Balaban J connectivity index is 1.90. The number of hydrogen-bond acceptors (Lipinski definition) is 2. The molecule has 7 heteroatoms. The highest BCUT2D eigenvalue weighted by atomic mass is 35.5. The molecule has 0 radical (unpaired) electrons. The first kappa shape index (κ1) is 19.2. The largest absolute Gasteiger partial charge is 0.368 e. The molecule has 0 aliphatic rings. The molecule has 3 rings (SSSR count). The minimum Gasteiger partial charge on any atom is -0.368 e. The first-order valence-corrected chi connectivity index (χ1v) is 9.10. The van der Waals surface area contributed by atoms with Gasteiger partial charge in [0, 0.05) is 26.2 Å². The summed E-state index contributed by atoms with van der Waals surface area (Å²) >= 11 is 17.9. The summed E-state index contributed by atoms with van der Waals surface area (Å²) in [7, 11) is 0. The predicted molar refractivity (Wildman–Crippen MR) is 114 cm³/mol. The number of nitrogens with zero attached hydrogens (tertiary/aromatic N) is 2. The predicted octanol–water partition coefficient (Wildman–Crippen LogP) is 5.64. The molecular weight excluding hydrogens is 403 g/mol. The van der Waals surface area contributed by atoms with Gasteiger partial charge in [-0.3, -0.25) is 0 Å². The van der Waals surface area contributed by atoms with Crippen LogP contribution in [0.25, 0.3) is 0 Å². The quantitative estimate of drug-likeness (QED) is 0.328. The van der Waals surface area contributed by atoms with Crippen molar-refractivity contribution >= 4 is 52.2 Å². The number of rotatable bonds is 4. The highest BCUT2D eigenvalue weighted by molar-refractivity contribution is 6.31. The Hall–Kier alpha value is -2.53. The zero-order valence-electron chi connectivity index (χ0n) is 14.0.